The minimum Gasteiger partial charge on any atom is -0.378 e. The van der Waals surface area contributed by atoms with E-state index in [1.807, 2.05) is 0 Å². The smallest absolute Gasteiger partial charge is 0.0646 e. The van der Waals surface area contributed by atoms with Gasteiger partial charge in [0.2, 0.25) is 0 Å². The second-order valence-corrected chi connectivity index (χ2v) is 8.59. The molecular formula is C23H35Cl3N4O. The molecule has 2 aliphatic heterocycles. The van der Waals surface area contributed by atoms with Gasteiger partial charge in [0.05, 0.1) is 26.3 Å². The van der Waals surface area contributed by atoms with Gasteiger partial charge in [-0.1, -0.05) is 30.0 Å². The van der Waals surface area contributed by atoms with Gasteiger partial charge in [-0.2, -0.15) is 0 Å². The van der Waals surface area contributed by atoms with Gasteiger partial charge >= 0.3 is 0 Å². The number of aromatic amines is 1. The van der Waals surface area contributed by atoms with E-state index in [-0.39, 0.29) is 42.8 Å². The molecule has 0 radical (unpaired) electrons. The van der Waals surface area contributed by atoms with Crippen molar-refractivity contribution in [3.63, 3.8) is 0 Å². The largest absolute Gasteiger partial charge is 0.378 e. The second-order valence-electron chi connectivity index (χ2n) is 8.59. The maximum absolute atomic E-state index is 5.59. The molecule has 0 amide bonds. The van der Waals surface area contributed by atoms with E-state index in [1.165, 1.54) is 16.5 Å². The fraction of sp³-hybridized carbons (Fsp3) is 0.565. The lowest BCUT2D eigenvalue weighted by Crippen LogP contribution is -2.53. The van der Waals surface area contributed by atoms with E-state index in [1.54, 1.807) is 0 Å². The lowest BCUT2D eigenvalue weighted by Gasteiger charge is -2.41. The van der Waals surface area contributed by atoms with E-state index in [0.717, 1.165) is 58.9 Å². The van der Waals surface area contributed by atoms with Crippen molar-refractivity contribution in [2.45, 2.75) is 31.8 Å². The molecular weight excluding hydrogens is 455 g/mol. The third-order valence-electron chi connectivity index (χ3n) is 6.00. The van der Waals surface area contributed by atoms with Crippen molar-refractivity contribution >= 4 is 48.1 Å². The van der Waals surface area contributed by atoms with Gasteiger partial charge in [0.1, 0.15) is 0 Å². The lowest BCUT2D eigenvalue weighted by atomic mass is 10.0. The van der Waals surface area contributed by atoms with Crippen LogP contribution in [-0.2, 0) is 11.2 Å². The molecule has 5 nitrogen and oxygen atoms in total. The first-order valence-electron chi connectivity index (χ1n) is 10.4. The van der Waals surface area contributed by atoms with Gasteiger partial charge in [-0.3, -0.25) is 9.80 Å². The van der Waals surface area contributed by atoms with Gasteiger partial charge in [0, 0.05) is 54.9 Å². The van der Waals surface area contributed by atoms with Crippen LogP contribution >= 0.6 is 37.2 Å². The Morgan fingerprint density at radius 2 is 1.87 bits per heavy atom. The molecule has 2 fully saturated rings. The van der Waals surface area contributed by atoms with Gasteiger partial charge in [-0.25, -0.2) is 0 Å². The topological polar surface area (TPSA) is 43.5 Å². The number of hydrogen-bond donors (Lipinski definition) is 2. The summed E-state index contributed by atoms with van der Waals surface area (Å²) in [7, 11) is 0. The number of fused-ring (bicyclic) bond motifs is 1. The maximum atomic E-state index is 5.59. The van der Waals surface area contributed by atoms with Crippen LogP contribution in [0.3, 0.4) is 0 Å². The zero-order valence-electron chi connectivity index (χ0n) is 18.4. The molecule has 0 aliphatic carbocycles. The standard InChI is InChI=1S/C23H32N4O.3ClH/c1-23(2)18-28-14-13-27(23)11-6-5-10-26-12-9-24-20(17-26)15-19-16-25-22-8-4-3-7-21(19)22;;;/h3-4,7-8,16,20,24-25H,9-15,17-18H2,1-2H3;3*1H/t20-;;;/m1.../s1. The molecule has 2 N–H and O–H groups in total. The van der Waals surface area contributed by atoms with Gasteiger partial charge in [-0.05, 0) is 31.9 Å². The summed E-state index contributed by atoms with van der Waals surface area (Å²) in [5.41, 5.74) is 2.71. The summed E-state index contributed by atoms with van der Waals surface area (Å²) in [5.74, 6) is 6.80. The Morgan fingerprint density at radius 3 is 2.68 bits per heavy atom. The van der Waals surface area contributed by atoms with Gasteiger partial charge in [0.25, 0.3) is 0 Å². The first-order chi connectivity index (χ1) is 13.6. The first kappa shape index (κ1) is 28.1. The fourth-order valence-corrected chi connectivity index (χ4v) is 4.24. The minimum atomic E-state index is 0. The highest BCUT2D eigenvalue weighted by atomic mass is 35.5. The van der Waals surface area contributed by atoms with E-state index in [0.29, 0.717) is 6.04 Å². The van der Waals surface area contributed by atoms with Crippen LogP contribution in [0, 0.1) is 11.8 Å². The van der Waals surface area contributed by atoms with Crippen LogP contribution < -0.4 is 5.32 Å². The van der Waals surface area contributed by atoms with Crippen LogP contribution in [0.4, 0.5) is 0 Å². The summed E-state index contributed by atoms with van der Waals surface area (Å²) >= 11 is 0. The molecule has 0 saturated carbocycles. The number of morpholine rings is 1. The maximum Gasteiger partial charge on any atom is 0.0646 e. The van der Waals surface area contributed by atoms with E-state index in [4.69, 9.17) is 4.74 Å². The highest BCUT2D eigenvalue weighted by Gasteiger charge is 2.29. The van der Waals surface area contributed by atoms with Crippen LogP contribution in [0.15, 0.2) is 30.5 Å². The summed E-state index contributed by atoms with van der Waals surface area (Å²) in [4.78, 5) is 8.30. The number of aromatic nitrogens is 1. The van der Waals surface area contributed by atoms with Crippen molar-refractivity contribution in [1.29, 1.82) is 0 Å². The third-order valence-corrected chi connectivity index (χ3v) is 6.00. The van der Waals surface area contributed by atoms with E-state index in [2.05, 4.69) is 76.3 Å². The predicted octanol–water partition coefficient (Wildman–Crippen LogP) is 3.36. The molecule has 0 bridgehead atoms. The molecule has 31 heavy (non-hydrogen) atoms. The van der Waals surface area contributed by atoms with E-state index < -0.39 is 0 Å². The Kier molecular flexibility index (Phi) is 11.7. The minimum absolute atomic E-state index is 0. The Balaban J connectivity index is 0.00000160. The van der Waals surface area contributed by atoms with Crippen LogP contribution in [0.2, 0.25) is 0 Å². The van der Waals surface area contributed by atoms with Crippen molar-refractivity contribution < 1.29 is 4.74 Å². The van der Waals surface area contributed by atoms with Gasteiger partial charge in [-0.15, -0.1) is 37.2 Å². The number of rotatable bonds is 4. The Morgan fingerprint density at radius 1 is 1.10 bits per heavy atom. The molecule has 0 spiro atoms. The fourth-order valence-electron chi connectivity index (χ4n) is 4.24. The van der Waals surface area contributed by atoms with E-state index in [9.17, 15) is 0 Å². The molecule has 2 aliphatic rings. The number of halogens is 3. The Labute approximate surface area is 204 Å². The molecule has 2 aromatic rings. The molecule has 174 valence electrons. The zero-order valence-corrected chi connectivity index (χ0v) is 20.8. The lowest BCUT2D eigenvalue weighted by molar-refractivity contribution is -0.0440. The zero-order chi connectivity index (χ0) is 19.4. The number of H-pyrrole nitrogens is 1. The van der Waals surface area contributed by atoms with Crippen molar-refractivity contribution in [2.75, 3.05) is 52.5 Å². The third kappa shape index (κ3) is 7.27. The summed E-state index contributed by atoms with van der Waals surface area (Å²) < 4.78 is 5.59. The molecule has 3 heterocycles. The van der Waals surface area contributed by atoms with Gasteiger partial charge < -0.3 is 15.0 Å². The molecule has 2 saturated heterocycles. The molecule has 1 aromatic heterocycles. The van der Waals surface area contributed by atoms with Crippen molar-refractivity contribution in [2.24, 2.45) is 0 Å². The number of nitrogens with one attached hydrogen (secondary N) is 2. The summed E-state index contributed by atoms with van der Waals surface area (Å²) in [5, 5.41) is 5.02. The number of nitrogens with zero attached hydrogens (tertiary/aromatic N) is 2. The van der Waals surface area contributed by atoms with E-state index >= 15 is 0 Å². The first-order valence-corrected chi connectivity index (χ1v) is 10.4. The monoisotopic (exact) mass is 488 g/mol. The van der Waals surface area contributed by atoms with Crippen molar-refractivity contribution in [3.05, 3.63) is 36.0 Å². The van der Waals surface area contributed by atoms with Crippen molar-refractivity contribution in [3.8, 4) is 11.8 Å². The van der Waals surface area contributed by atoms with Crippen LogP contribution in [0.25, 0.3) is 10.9 Å². The highest BCUT2D eigenvalue weighted by molar-refractivity contribution is 5.86. The Bertz CT molecular complexity index is 861. The molecule has 8 heteroatoms. The molecule has 0 unspecified atom stereocenters. The van der Waals surface area contributed by atoms with Gasteiger partial charge in [0.15, 0.2) is 0 Å². The Hall–Kier alpha value is -0.970. The number of benzene rings is 1. The van der Waals surface area contributed by atoms with Crippen LogP contribution in [-0.4, -0.2) is 78.8 Å². The van der Waals surface area contributed by atoms with Crippen LogP contribution in [0.5, 0.6) is 0 Å². The SMILES string of the molecule is CC1(C)COCCN1CC#CCN1CCN[C@H](Cc2c[nH]c3ccccc23)C1.Cl.Cl.Cl. The molecule has 1 aromatic carbocycles. The molecule has 1 atom stereocenters. The number of hydrogen-bond acceptors (Lipinski definition) is 4. The average Bonchev–Trinajstić information content (AvgIpc) is 3.09. The summed E-state index contributed by atoms with van der Waals surface area (Å²) in [6.07, 6.45) is 3.21. The quantitative estimate of drug-likeness (QED) is 0.646. The number of ether oxygens (including phenoxy) is 1. The summed E-state index contributed by atoms with van der Waals surface area (Å²) in [6.45, 7) is 11.9. The predicted molar refractivity (Wildman–Crippen MR) is 136 cm³/mol. The van der Waals surface area contributed by atoms with Crippen LogP contribution in [0.1, 0.15) is 19.4 Å². The second kappa shape index (κ2) is 12.9. The number of para-hydroxylation sites is 1. The van der Waals surface area contributed by atoms with Crippen molar-refractivity contribution in [1.82, 2.24) is 20.1 Å². The summed E-state index contributed by atoms with van der Waals surface area (Å²) in [6, 6.07) is 9.03. The number of piperazine rings is 1. The normalized spacial score (nSPS) is 21.2. The average molecular weight is 490 g/mol. The highest BCUT2D eigenvalue weighted by Crippen LogP contribution is 2.20. The molecule has 4 rings (SSSR count).